The van der Waals surface area contributed by atoms with Gasteiger partial charge in [-0.1, -0.05) is 61.5 Å². The Bertz CT molecular complexity index is 681. The van der Waals surface area contributed by atoms with Crippen LogP contribution in [0.4, 0.5) is 0 Å². The zero-order valence-electron chi connectivity index (χ0n) is 12.3. The van der Waals surface area contributed by atoms with E-state index in [4.69, 9.17) is 4.74 Å². The minimum absolute atomic E-state index is 0.174. The molecule has 0 radical (unpaired) electrons. The van der Waals surface area contributed by atoms with Gasteiger partial charge < -0.3 is 4.74 Å². The molecule has 2 aromatic rings. The lowest BCUT2D eigenvalue weighted by atomic mass is 10.0. The SMILES string of the molecule is CCOC(=O)C1=C(c2ccc(-c3ccccc3)cc2)C1C. The van der Waals surface area contributed by atoms with Crippen LogP contribution in [0.5, 0.6) is 0 Å². The van der Waals surface area contributed by atoms with Gasteiger partial charge >= 0.3 is 5.97 Å². The molecule has 0 saturated carbocycles. The van der Waals surface area contributed by atoms with E-state index in [2.05, 4.69) is 36.4 Å². The third-order valence-electron chi connectivity index (χ3n) is 3.87. The maximum Gasteiger partial charge on any atom is 0.334 e. The number of carbonyl (C=O) groups excluding carboxylic acids is 1. The predicted octanol–water partition coefficient (Wildman–Crippen LogP) is 4.32. The lowest BCUT2D eigenvalue weighted by Gasteiger charge is -2.02. The third kappa shape index (κ3) is 2.62. The van der Waals surface area contributed by atoms with Gasteiger partial charge in [0, 0.05) is 11.5 Å². The van der Waals surface area contributed by atoms with Crippen LogP contribution in [0, 0.1) is 5.92 Å². The van der Waals surface area contributed by atoms with Crippen molar-refractivity contribution in [3.63, 3.8) is 0 Å². The Balaban J connectivity index is 1.84. The summed E-state index contributed by atoms with van der Waals surface area (Å²) in [4.78, 5) is 11.8. The Labute approximate surface area is 125 Å². The Morgan fingerprint density at radius 2 is 1.52 bits per heavy atom. The van der Waals surface area contributed by atoms with Crippen LogP contribution in [0.15, 0.2) is 60.2 Å². The number of rotatable bonds is 4. The van der Waals surface area contributed by atoms with Crippen molar-refractivity contribution in [1.29, 1.82) is 0 Å². The number of carbonyl (C=O) groups is 1. The Hall–Kier alpha value is -2.35. The maximum atomic E-state index is 11.8. The topological polar surface area (TPSA) is 26.3 Å². The van der Waals surface area contributed by atoms with Crippen molar-refractivity contribution in [3.05, 3.63) is 65.7 Å². The number of ether oxygens (including phenoxy) is 1. The molecular formula is C19H18O2. The van der Waals surface area contributed by atoms with Gasteiger partial charge in [-0.15, -0.1) is 0 Å². The number of benzene rings is 2. The van der Waals surface area contributed by atoms with E-state index in [9.17, 15) is 4.79 Å². The first kappa shape index (κ1) is 13.6. The van der Waals surface area contributed by atoms with Crippen molar-refractivity contribution in [2.45, 2.75) is 13.8 Å². The summed E-state index contributed by atoms with van der Waals surface area (Å²) in [6.45, 7) is 4.31. The van der Waals surface area contributed by atoms with Crippen molar-refractivity contribution < 1.29 is 9.53 Å². The highest BCUT2D eigenvalue weighted by molar-refractivity contribution is 6.09. The van der Waals surface area contributed by atoms with Gasteiger partial charge in [0.05, 0.1) is 6.61 Å². The predicted molar refractivity (Wildman–Crippen MR) is 84.6 cm³/mol. The molecule has 0 heterocycles. The monoisotopic (exact) mass is 278 g/mol. The molecule has 0 N–H and O–H groups in total. The fourth-order valence-electron chi connectivity index (χ4n) is 2.71. The number of esters is 1. The fourth-order valence-corrected chi connectivity index (χ4v) is 2.71. The second-order valence-corrected chi connectivity index (χ2v) is 5.21. The first-order chi connectivity index (χ1) is 10.2. The Kier molecular flexibility index (Phi) is 3.61. The van der Waals surface area contributed by atoms with Crippen molar-refractivity contribution >= 4 is 11.5 Å². The summed E-state index contributed by atoms with van der Waals surface area (Å²) in [5.74, 6) is 0.0405. The summed E-state index contributed by atoms with van der Waals surface area (Å²) in [5.41, 5.74) is 5.45. The molecule has 2 aromatic carbocycles. The molecular weight excluding hydrogens is 260 g/mol. The molecule has 0 fully saturated rings. The van der Waals surface area contributed by atoms with Gasteiger partial charge in [-0.2, -0.15) is 0 Å². The van der Waals surface area contributed by atoms with E-state index in [0.717, 1.165) is 16.7 Å². The average molecular weight is 278 g/mol. The minimum Gasteiger partial charge on any atom is -0.463 e. The van der Waals surface area contributed by atoms with E-state index in [-0.39, 0.29) is 11.9 Å². The Morgan fingerprint density at radius 1 is 0.952 bits per heavy atom. The third-order valence-corrected chi connectivity index (χ3v) is 3.87. The van der Waals surface area contributed by atoms with E-state index in [1.807, 2.05) is 32.0 Å². The smallest absolute Gasteiger partial charge is 0.334 e. The molecule has 1 unspecified atom stereocenters. The van der Waals surface area contributed by atoms with Gasteiger partial charge in [-0.3, -0.25) is 0 Å². The van der Waals surface area contributed by atoms with E-state index in [1.165, 1.54) is 11.1 Å². The van der Waals surface area contributed by atoms with E-state index < -0.39 is 0 Å². The van der Waals surface area contributed by atoms with E-state index in [0.29, 0.717) is 6.61 Å². The summed E-state index contributed by atoms with van der Waals surface area (Å²) in [5, 5.41) is 0. The first-order valence-electron chi connectivity index (χ1n) is 7.29. The van der Waals surface area contributed by atoms with Crippen LogP contribution in [0.1, 0.15) is 19.4 Å². The molecule has 106 valence electrons. The van der Waals surface area contributed by atoms with E-state index in [1.54, 1.807) is 0 Å². The number of hydrogen-bond acceptors (Lipinski definition) is 2. The molecule has 3 rings (SSSR count). The summed E-state index contributed by atoms with van der Waals surface area (Å²) < 4.78 is 5.08. The quantitative estimate of drug-likeness (QED) is 0.778. The van der Waals surface area contributed by atoms with Crippen LogP contribution in [0.3, 0.4) is 0 Å². The lowest BCUT2D eigenvalue weighted by molar-refractivity contribution is -0.138. The molecule has 1 atom stereocenters. The van der Waals surface area contributed by atoms with Crippen LogP contribution < -0.4 is 0 Å². The lowest BCUT2D eigenvalue weighted by Crippen LogP contribution is -2.02. The summed E-state index contributed by atoms with van der Waals surface area (Å²) in [7, 11) is 0. The van der Waals surface area contributed by atoms with Gasteiger partial charge in [-0.25, -0.2) is 4.79 Å². The zero-order chi connectivity index (χ0) is 14.8. The molecule has 1 aliphatic rings. The molecule has 0 saturated heterocycles. The van der Waals surface area contributed by atoms with Gasteiger partial charge in [-0.05, 0) is 29.2 Å². The second-order valence-electron chi connectivity index (χ2n) is 5.21. The van der Waals surface area contributed by atoms with Crippen molar-refractivity contribution in [2.75, 3.05) is 6.61 Å². The second kappa shape index (κ2) is 5.57. The zero-order valence-corrected chi connectivity index (χ0v) is 12.3. The molecule has 2 nitrogen and oxygen atoms in total. The van der Waals surface area contributed by atoms with Crippen LogP contribution in [0.2, 0.25) is 0 Å². The van der Waals surface area contributed by atoms with Crippen molar-refractivity contribution in [3.8, 4) is 11.1 Å². The number of hydrogen-bond donors (Lipinski definition) is 0. The highest BCUT2D eigenvalue weighted by Gasteiger charge is 2.39. The van der Waals surface area contributed by atoms with Crippen LogP contribution in [0.25, 0.3) is 16.7 Å². The van der Waals surface area contributed by atoms with E-state index >= 15 is 0 Å². The largest absolute Gasteiger partial charge is 0.463 e. The highest BCUT2D eigenvalue weighted by Crippen LogP contribution is 2.47. The molecule has 0 aliphatic heterocycles. The van der Waals surface area contributed by atoms with Crippen molar-refractivity contribution in [1.82, 2.24) is 0 Å². The molecule has 0 aromatic heterocycles. The highest BCUT2D eigenvalue weighted by atomic mass is 16.5. The molecule has 0 spiro atoms. The minimum atomic E-state index is -0.174. The molecule has 0 bridgehead atoms. The fraction of sp³-hybridized carbons (Fsp3) is 0.211. The molecule has 1 aliphatic carbocycles. The average Bonchev–Trinajstić information content (AvgIpc) is 3.20. The van der Waals surface area contributed by atoms with Crippen LogP contribution >= 0.6 is 0 Å². The normalized spacial score (nSPS) is 16.8. The summed E-state index contributed by atoms with van der Waals surface area (Å²) in [6, 6.07) is 18.6. The summed E-state index contributed by atoms with van der Waals surface area (Å²) in [6.07, 6.45) is 0. The molecule has 2 heteroatoms. The number of allylic oxidation sites excluding steroid dienone is 1. The van der Waals surface area contributed by atoms with Crippen molar-refractivity contribution in [2.24, 2.45) is 5.92 Å². The van der Waals surface area contributed by atoms with Gasteiger partial charge in [0.25, 0.3) is 0 Å². The van der Waals surface area contributed by atoms with Crippen LogP contribution in [-0.4, -0.2) is 12.6 Å². The van der Waals surface area contributed by atoms with Gasteiger partial charge in [0.1, 0.15) is 0 Å². The van der Waals surface area contributed by atoms with Gasteiger partial charge in [0.2, 0.25) is 0 Å². The standard InChI is InChI=1S/C19H18O2/c1-3-21-19(20)18-13(2)17(18)16-11-9-15(10-12-16)14-7-5-4-6-8-14/h4-13H,3H2,1-2H3. The summed E-state index contributed by atoms with van der Waals surface area (Å²) >= 11 is 0. The van der Waals surface area contributed by atoms with Crippen LogP contribution in [-0.2, 0) is 9.53 Å². The Morgan fingerprint density at radius 3 is 2.14 bits per heavy atom. The van der Waals surface area contributed by atoms with Gasteiger partial charge in [0.15, 0.2) is 0 Å². The molecule has 0 amide bonds. The maximum absolute atomic E-state index is 11.8. The molecule has 21 heavy (non-hydrogen) atoms. The first-order valence-corrected chi connectivity index (χ1v) is 7.29.